The van der Waals surface area contributed by atoms with Crippen molar-refractivity contribution >= 4 is 0 Å². The van der Waals surface area contributed by atoms with E-state index in [-0.39, 0.29) is 0 Å². The van der Waals surface area contributed by atoms with Crippen LogP contribution in [0.5, 0.6) is 0 Å². The third-order valence-corrected chi connectivity index (χ3v) is 4.54. The zero-order valence-electron chi connectivity index (χ0n) is 10.9. The molecule has 2 aliphatic carbocycles. The second kappa shape index (κ2) is 5.50. The van der Waals surface area contributed by atoms with Crippen LogP contribution in [0.4, 0.5) is 0 Å². The van der Waals surface area contributed by atoms with E-state index in [9.17, 15) is 0 Å². The molecule has 0 aromatic rings. The molecule has 2 heteroatoms. The van der Waals surface area contributed by atoms with Crippen LogP contribution in [0, 0.1) is 5.41 Å². The van der Waals surface area contributed by atoms with Crippen molar-refractivity contribution in [1.29, 1.82) is 0 Å². The Morgan fingerprint density at radius 3 is 2.56 bits per heavy atom. The van der Waals surface area contributed by atoms with Crippen LogP contribution >= 0.6 is 0 Å². The third-order valence-electron chi connectivity index (χ3n) is 4.54. The predicted molar refractivity (Wildman–Crippen MR) is 67.6 cm³/mol. The molecule has 0 heterocycles. The molecule has 2 fully saturated rings. The fourth-order valence-corrected chi connectivity index (χ4v) is 2.61. The molecular formula is C14H27NO. The number of hydrogen-bond donors (Lipinski definition) is 1. The summed E-state index contributed by atoms with van der Waals surface area (Å²) in [6.45, 7) is 6.61. The molecule has 1 N–H and O–H groups in total. The first-order valence-electron chi connectivity index (χ1n) is 7.06. The van der Waals surface area contributed by atoms with Crippen molar-refractivity contribution in [2.75, 3.05) is 13.2 Å². The summed E-state index contributed by atoms with van der Waals surface area (Å²) >= 11 is 0. The monoisotopic (exact) mass is 225 g/mol. The molecule has 2 rings (SSSR count). The normalized spacial score (nSPS) is 26.6. The first kappa shape index (κ1) is 12.4. The second-order valence-corrected chi connectivity index (χ2v) is 5.96. The van der Waals surface area contributed by atoms with E-state index in [1.165, 1.54) is 44.9 Å². The van der Waals surface area contributed by atoms with E-state index in [0.29, 0.717) is 17.6 Å². The van der Waals surface area contributed by atoms with Gasteiger partial charge in [0.1, 0.15) is 0 Å². The van der Waals surface area contributed by atoms with Gasteiger partial charge < -0.3 is 10.1 Å². The van der Waals surface area contributed by atoms with Gasteiger partial charge in [-0.05, 0) is 38.0 Å². The van der Waals surface area contributed by atoms with Crippen LogP contribution in [-0.4, -0.2) is 25.3 Å². The summed E-state index contributed by atoms with van der Waals surface area (Å²) in [7, 11) is 0. The summed E-state index contributed by atoms with van der Waals surface area (Å²) in [6, 6.07) is 0.655. The second-order valence-electron chi connectivity index (χ2n) is 5.96. The summed E-state index contributed by atoms with van der Waals surface area (Å²) in [5.74, 6) is 0. The molecule has 1 unspecified atom stereocenters. The lowest BCUT2D eigenvalue weighted by molar-refractivity contribution is 0.0288. The molecule has 0 saturated heterocycles. The highest BCUT2D eigenvalue weighted by molar-refractivity contribution is 4.96. The molecule has 16 heavy (non-hydrogen) atoms. The number of nitrogens with one attached hydrogen (secondary N) is 1. The van der Waals surface area contributed by atoms with Crippen LogP contribution in [0.15, 0.2) is 0 Å². The summed E-state index contributed by atoms with van der Waals surface area (Å²) < 4.78 is 5.90. The van der Waals surface area contributed by atoms with E-state index in [2.05, 4.69) is 19.2 Å². The molecule has 0 aromatic heterocycles. The largest absolute Gasteiger partial charge is 0.377 e. The first-order chi connectivity index (χ1) is 7.71. The van der Waals surface area contributed by atoms with Gasteiger partial charge in [-0.2, -0.15) is 0 Å². The van der Waals surface area contributed by atoms with E-state index in [1.54, 1.807) is 0 Å². The number of rotatable bonds is 6. The van der Waals surface area contributed by atoms with E-state index >= 15 is 0 Å². The van der Waals surface area contributed by atoms with Gasteiger partial charge in [-0.15, -0.1) is 0 Å². The summed E-state index contributed by atoms with van der Waals surface area (Å²) in [6.07, 6.45) is 10.1. The zero-order chi connectivity index (χ0) is 11.4. The molecule has 94 valence electrons. The zero-order valence-corrected chi connectivity index (χ0v) is 10.9. The van der Waals surface area contributed by atoms with Crippen molar-refractivity contribution in [3.8, 4) is 0 Å². The van der Waals surface area contributed by atoms with Crippen LogP contribution < -0.4 is 5.32 Å². The molecule has 2 nitrogen and oxygen atoms in total. The molecule has 0 spiro atoms. The standard InChI is InChI=1S/C14H27NO/c1-12(14(2)8-9-14)15-10-11-16-13-6-4-3-5-7-13/h12-13,15H,3-11H2,1-2H3. The highest BCUT2D eigenvalue weighted by Gasteiger charge is 2.41. The molecule has 0 amide bonds. The highest BCUT2D eigenvalue weighted by atomic mass is 16.5. The van der Waals surface area contributed by atoms with Crippen LogP contribution in [0.3, 0.4) is 0 Å². The van der Waals surface area contributed by atoms with Crippen molar-refractivity contribution in [1.82, 2.24) is 5.32 Å². The topological polar surface area (TPSA) is 21.3 Å². The molecule has 0 radical (unpaired) electrons. The first-order valence-corrected chi connectivity index (χ1v) is 7.06. The fraction of sp³-hybridized carbons (Fsp3) is 1.00. The Balaban J connectivity index is 1.51. The Labute approximate surface area is 100 Å². The SMILES string of the molecule is CC(NCCOC1CCCCC1)C1(C)CC1. The Hall–Kier alpha value is -0.0800. The minimum atomic E-state index is 0.558. The van der Waals surface area contributed by atoms with Crippen molar-refractivity contribution in [2.24, 2.45) is 5.41 Å². The molecule has 0 aromatic carbocycles. The smallest absolute Gasteiger partial charge is 0.0594 e. The third kappa shape index (κ3) is 3.46. The lowest BCUT2D eigenvalue weighted by Crippen LogP contribution is -2.36. The van der Waals surface area contributed by atoms with Crippen molar-refractivity contribution in [3.05, 3.63) is 0 Å². The molecule has 0 bridgehead atoms. The van der Waals surface area contributed by atoms with Crippen LogP contribution in [0.1, 0.15) is 58.8 Å². The molecule has 0 aliphatic heterocycles. The van der Waals surface area contributed by atoms with Gasteiger partial charge in [0.25, 0.3) is 0 Å². The van der Waals surface area contributed by atoms with Crippen molar-refractivity contribution in [3.63, 3.8) is 0 Å². The van der Waals surface area contributed by atoms with E-state index < -0.39 is 0 Å². The van der Waals surface area contributed by atoms with E-state index in [0.717, 1.165) is 13.2 Å². The summed E-state index contributed by atoms with van der Waals surface area (Å²) in [4.78, 5) is 0. The predicted octanol–water partition coefficient (Wildman–Crippen LogP) is 3.11. The van der Waals surface area contributed by atoms with E-state index in [1.807, 2.05) is 0 Å². The fourth-order valence-electron chi connectivity index (χ4n) is 2.61. The van der Waals surface area contributed by atoms with Gasteiger partial charge >= 0.3 is 0 Å². The average Bonchev–Trinajstić information content (AvgIpc) is 3.05. The quantitative estimate of drug-likeness (QED) is 0.701. The van der Waals surface area contributed by atoms with Crippen LogP contribution in [0.25, 0.3) is 0 Å². The number of hydrogen-bond acceptors (Lipinski definition) is 2. The van der Waals surface area contributed by atoms with E-state index in [4.69, 9.17) is 4.74 Å². The number of ether oxygens (including phenoxy) is 1. The molecule has 2 saturated carbocycles. The van der Waals surface area contributed by atoms with Crippen molar-refractivity contribution in [2.45, 2.75) is 70.9 Å². The highest BCUT2D eigenvalue weighted by Crippen LogP contribution is 2.47. The Morgan fingerprint density at radius 2 is 1.94 bits per heavy atom. The van der Waals surface area contributed by atoms with Gasteiger partial charge in [-0.3, -0.25) is 0 Å². The maximum Gasteiger partial charge on any atom is 0.0594 e. The summed E-state index contributed by atoms with van der Waals surface area (Å²) in [5, 5.41) is 3.60. The van der Waals surface area contributed by atoms with Gasteiger partial charge in [0.05, 0.1) is 12.7 Å². The van der Waals surface area contributed by atoms with Crippen LogP contribution in [0.2, 0.25) is 0 Å². The Morgan fingerprint density at radius 1 is 1.25 bits per heavy atom. The maximum absolute atomic E-state index is 5.90. The molecular weight excluding hydrogens is 198 g/mol. The minimum Gasteiger partial charge on any atom is -0.377 e. The Kier molecular flexibility index (Phi) is 4.26. The van der Waals surface area contributed by atoms with Gasteiger partial charge in [0.2, 0.25) is 0 Å². The minimum absolute atomic E-state index is 0.558. The van der Waals surface area contributed by atoms with Gasteiger partial charge in [0.15, 0.2) is 0 Å². The van der Waals surface area contributed by atoms with Crippen LogP contribution in [-0.2, 0) is 4.74 Å². The average molecular weight is 225 g/mol. The Bertz CT molecular complexity index is 207. The molecule has 2 aliphatic rings. The van der Waals surface area contributed by atoms with Gasteiger partial charge in [-0.25, -0.2) is 0 Å². The summed E-state index contributed by atoms with van der Waals surface area (Å²) in [5.41, 5.74) is 0.588. The lowest BCUT2D eigenvalue weighted by Gasteiger charge is -2.24. The lowest BCUT2D eigenvalue weighted by atomic mass is 9.98. The molecule has 1 atom stereocenters. The van der Waals surface area contributed by atoms with Gasteiger partial charge in [0, 0.05) is 12.6 Å². The maximum atomic E-state index is 5.90. The van der Waals surface area contributed by atoms with Crippen molar-refractivity contribution < 1.29 is 4.74 Å². The van der Waals surface area contributed by atoms with Gasteiger partial charge in [-0.1, -0.05) is 26.2 Å².